The highest BCUT2D eigenvalue weighted by Gasteiger charge is 2.20. The van der Waals surface area contributed by atoms with E-state index in [1.54, 1.807) is 6.08 Å². The molecule has 0 heterocycles. The van der Waals surface area contributed by atoms with Gasteiger partial charge in [-0.15, -0.1) is 6.58 Å². The van der Waals surface area contributed by atoms with Crippen LogP contribution in [0.5, 0.6) is 0 Å². The summed E-state index contributed by atoms with van der Waals surface area (Å²) in [5.41, 5.74) is 3.28. The average Bonchev–Trinajstić information content (AvgIpc) is 2.39. The van der Waals surface area contributed by atoms with E-state index in [2.05, 4.69) is 6.58 Å². The Bertz CT molecular complexity index is 535. The molecular formula is C15H15BO2. The molecule has 0 saturated heterocycles. The maximum absolute atomic E-state index is 9.59. The number of hydrogen-bond donors (Lipinski definition) is 2. The highest BCUT2D eigenvalue weighted by atomic mass is 16.4. The van der Waals surface area contributed by atoms with Crippen LogP contribution in [0.4, 0.5) is 0 Å². The van der Waals surface area contributed by atoms with Gasteiger partial charge in [-0.25, -0.2) is 0 Å². The van der Waals surface area contributed by atoms with Crippen molar-refractivity contribution in [2.45, 2.75) is 6.42 Å². The Labute approximate surface area is 107 Å². The van der Waals surface area contributed by atoms with Crippen molar-refractivity contribution in [3.05, 3.63) is 66.7 Å². The molecule has 0 aliphatic heterocycles. The SMILES string of the molecule is C=CCc1cccc(-c2ccccc2)c1B(O)O. The van der Waals surface area contributed by atoms with Gasteiger partial charge < -0.3 is 10.0 Å². The summed E-state index contributed by atoms with van der Waals surface area (Å²) in [6, 6.07) is 15.4. The summed E-state index contributed by atoms with van der Waals surface area (Å²) in [5, 5.41) is 19.2. The van der Waals surface area contributed by atoms with E-state index in [9.17, 15) is 10.0 Å². The van der Waals surface area contributed by atoms with Crippen LogP contribution in [0.15, 0.2) is 61.2 Å². The summed E-state index contributed by atoms with van der Waals surface area (Å²) in [6.45, 7) is 3.70. The molecular weight excluding hydrogens is 223 g/mol. The van der Waals surface area contributed by atoms with Crippen LogP contribution in [0.25, 0.3) is 11.1 Å². The van der Waals surface area contributed by atoms with E-state index in [1.165, 1.54) is 0 Å². The van der Waals surface area contributed by atoms with E-state index in [-0.39, 0.29) is 0 Å². The summed E-state index contributed by atoms with van der Waals surface area (Å²) >= 11 is 0. The van der Waals surface area contributed by atoms with Crippen molar-refractivity contribution in [2.24, 2.45) is 0 Å². The van der Waals surface area contributed by atoms with Gasteiger partial charge in [0.2, 0.25) is 0 Å². The Kier molecular flexibility index (Phi) is 3.97. The Morgan fingerprint density at radius 2 is 1.72 bits per heavy atom. The summed E-state index contributed by atoms with van der Waals surface area (Å²) < 4.78 is 0. The van der Waals surface area contributed by atoms with Crippen molar-refractivity contribution in [1.82, 2.24) is 0 Å². The molecule has 2 rings (SSSR count). The summed E-state index contributed by atoms with van der Waals surface area (Å²) in [7, 11) is -1.48. The zero-order valence-electron chi connectivity index (χ0n) is 10.1. The minimum absolute atomic E-state index is 0.559. The molecule has 0 bridgehead atoms. The lowest BCUT2D eigenvalue weighted by atomic mass is 9.72. The molecule has 0 saturated carbocycles. The second-order valence-electron chi connectivity index (χ2n) is 4.11. The van der Waals surface area contributed by atoms with E-state index in [0.717, 1.165) is 16.7 Å². The third-order valence-corrected chi connectivity index (χ3v) is 2.90. The van der Waals surface area contributed by atoms with Gasteiger partial charge in [-0.05, 0) is 28.6 Å². The Balaban J connectivity index is 2.60. The van der Waals surface area contributed by atoms with E-state index in [1.807, 2.05) is 48.5 Å². The summed E-state index contributed by atoms with van der Waals surface area (Å²) in [5.74, 6) is 0. The Hall–Kier alpha value is -1.84. The molecule has 90 valence electrons. The van der Waals surface area contributed by atoms with Crippen LogP contribution < -0.4 is 5.46 Å². The van der Waals surface area contributed by atoms with Crippen LogP contribution in [0.2, 0.25) is 0 Å². The molecule has 0 aliphatic carbocycles. The molecule has 0 amide bonds. The van der Waals surface area contributed by atoms with E-state index in [0.29, 0.717) is 11.9 Å². The average molecular weight is 238 g/mol. The van der Waals surface area contributed by atoms with Crippen LogP contribution in [-0.4, -0.2) is 17.2 Å². The van der Waals surface area contributed by atoms with Crippen molar-refractivity contribution < 1.29 is 10.0 Å². The van der Waals surface area contributed by atoms with Gasteiger partial charge in [-0.1, -0.05) is 54.6 Å². The third kappa shape index (κ3) is 2.53. The van der Waals surface area contributed by atoms with E-state index >= 15 is 0 Å². The molecule has 0 radical (unpaired) electrons. The number of hydrogen-bond acceptors (Lipinski definition) is 2. The molecule has 18 heavy (non-hydrogen) atoms. The van der Waals surface area contributed by atoms with Gasteiger partial charge in [-0.3, -0.25) is 0 Å². The molecule has 0 atom stereocenters. The van der Waals surface area contributed by atoms with Gasteiger partial charge in [0, 0.05) is 0 Å². The standard InChI is InChI=1S/C15H15BO2/c1-2-7-13-10-6-11-14(15(13)16(17)18)12-8-4-3-5-9-12/h2-6,8-11,17-18H,1,7H2. The molecule has 0 spiro atoms. The molecule has 0 aliphatic rings. The number of benzene rings is 2. The topological polar surface area (TPSA) is 40.5 Å². The third-order valence-electron chi connectivity index (χ3n) is 2.90. The molecule has 2 N–H and O–H groups in total. The molecule has 0 aromatic heterocycles. The van der Waals surface area contributed by atoms with Gasteiger partial charge in [0.15, 0.2) is 0 Å². The Morgan fingerprint density at radius 3 is 2.33 bits per heavy atom. The summed E-state index contributed by atoms with van der Waals surface area (Å²) in [6.07, 6.45) is 2.38. The predicted octanol–water partition coefficient (Wildman–Crippen LogP) is 1.76. The maximum Gasteiger partial charge on any atom is 0.489 e. The fourth-order valence-corrected chi connectivity index (χ4v) is 2.12. The minimum atomic E-state index is -1.48. The Morgan fingerprint density at radius 1 is 1.00 bits per heavy atom. The van der Waals surface area contributed by atoms with Crippen molar-refractivity contribution in [2.75, 3.05) is 0 Å². The molecule has 2 nitrogen and oxygen atoms in total. The van der Waals surface area contributed by atoms with Crippen molar-refractivity contribution >= 4 is 12.6 Å². The van der Waals surface area contributed by atoms with Crippen LogP contribution in [0.1, 0.15) is 5.56 Å². The lowest BCUT2D eigenvalue weighted by molar-refractivity contribution is 0.425. The first-order chi connectivity index (χ1) is 8.74. The van der Waals surface area contributed by atoms with Gasteiger partial charge >= 0.3 is 7.12 Å². The van der Waals surface area contributed by atoms with Crippen LogP contribution >= 0.6 is 0 Å². The molecule has 0 fully saturated rings. The van der Waals surface area contributed by atoms with Crippen LogP contribution in [-0.2, 0) is 6.42 Å². The predicted molar refractivity (Wildman–Crippen MR) is 75.6 cm³/mol. The largest absolute Gasteiger partial charge is 0.489 e. The normalized spacial score (nSPS) is 10.1. The first-order valence-corrected chi connectivity index (χ1v) is 5.88. The first kappa shape index (κ1) is 12.6. The second-order valence-corrected chi connectivity index (χ2v) is 4.11. The van der Waals surface area contributed by atoms with Crippen molar-refractivity contribution in [3.8, 4) is 11.1 Å². The number of allylic oxidation sites excluding steroid dienone is 1. The lowest BCUT2D eigenvalue weighted by Crippen LogP contribution is -2.34. The second kappa shape index (κ2) is 5.67. The fourth-order valence-electron chi connectivity index (χ4n) is 2.12. The molecule has 2 aromatic rings. The first-order valence-electron chi connectivity index (χ1n) is 5.88. The number of rotatable bonds is 4. The lowest BCUT2D eigenvalue weighted by Gasteiger charge is -2.13. The molecule has 0 unspecified atom stereocenters. The smallest absolute Gasteiger partial charge is 0.423 e. The van der Waals surface area contributed by atoms with Gasteiger partial charge in [0.1, 0.15) is 0 Å². The van der Waals surface area contributed by atoms with Crippen molar-refractivity contribution in [3.63, 3.8) is 0 Å². The monoisotopic (exact) mass is 238 g/mol. The zero-order chi connectivity index (χ0) is 13.0. The fraction of sp³-hybridized carbons (Fsp3) is 0.0667. The molecule has 2 aromatic carbocycles. The van der Waals surface area contributed by atoms with Crippen LogP contribution in [0, 0.1) is 0 Å². The summed E-state index contributed by atoms with van der Waals surface area (Å²) in [4.78, 5) is 0. The zero-order valence-corrected chi connectivity index (χ0v) is 10.1. The van der Waals surface area contributed by atoms with Crippen LogP contribution in [0.3, 0.4) is 0 Å². The quantitative estimate of drug-likeness (QED) is 0.629. The van der Waals surface area contributed by atoms with Gasteiger partial charge in [0.05, 0.1) is 0 Å². The highest BCUT2D eigenvalue weighted by Crippen LogP contribution is 2.19. The molecule has 3 heteroatoms. The van der Waals surface area contributed by atoms with E-state index < -0.39 is 7.12 Å². The minimum Gasteiger partial charge on any atom is -0.423 e. The highest BCUT2D eigenvalue weighted by molar-refractivity contribution is 6.61. The van der Waals surface area contributed by atoms with Gasteiger partial charge in [0.25, 0.3) is 0 Å². The van der Waals surface area contributed by atoms with E-state index in [4.69, 9.17) is 0 Å². The van der Waals surface area contributed by atoms with Crippen molar-refractivity contribution in [1.29, 1.82) is 0 Å². The van der Waals surface area contributed by atoms with Gasteiger partial charge in [-0.2, -0.15) is 0 Å². The maximum atomic E-state index is 9.59.